The molecule has 1 nitrogen and oxygen atoms in total. The summed E-state index contributed by atoms with van der Waals surface area (Å²) in [6, 6.07) is 0. The van der Waals surface area contributed by atoms with Crippen molar-refractivity contribution in [2.45, 2.75) is 33.6 Å². The molecule has 64 valence electrons. The van der Waals surface area contributed by atoms with E-state index in [2.05, 4.69) is 36.4 Å². The Morgan fingerprint density at radius 1 is 1.09 bits per heavy atom. The van der Waals surface area contributed by atoms with Gasteiger partial charge in [0.2, 0.25) is 0 Å². The normalized spacial score (nSPS) is 11.5. The molecular weight excluding hydrogens is 134 g/mol. The average molecular weight is 153 g/mol. The molecule has 0 atom stereocenters. The largest absolute Gasteiger partial charge is 0.355 e. The summed E-state index contributed by atoms with van der Waals surface area (Å²) in [5.74, 6) is 0. The van der Waals surface area contributed by atoms with Crippen molar-refractivity contribution in [1.82, 2.24) is 4.90 Å². The fourth-order valence-corrected chi connectivity index (χ4v) is 0.922. The molecule has 0 spiro atoms. The van der Waals surface area contributed by atoms with E-state index in [9.17, 15) is 0 Å². The average Bonchev–Trinajstić information content (AvgIpc) is 2.01. The van der Waals surface area contributed by atoms with Crippen LogP contribution in [-0.2, 0) is 0 Å². The minimum atomic E-state index is 1.13. The van der Waals surface area contributed by atoms with E-state index in [1.165, 1.54) is 12.8 Å². The summed E-state index contributed by atoms with van der Waals surface area (Å²) < 4.78 is 0. The molecule has 0 saturated carbocycles. The topological polar surface area (TPSA) is 3.24 Å². The Morgan fingerprint density at radius 3 is 2.00 bits per heavy atom. The van der Waals surface area contributed by atoms with E-state index >= 15 is 0 Å². The maximum atomic E-state index is 2.21. The Balaban J connectivity index is 3.69. The summed E-state index contributed by atoms with van der Waals surface area (Å²) in [7, 11) is 0. The first-order valence-corrected chi connectivity index (χ1v) is 4.36. The summed E-state index contributed by atoms with van der Waals surface area (Å²) >= 11 is 0. The van der Waals surface area contributed by atoms with Gasteiger partial charge in [0.1, 0.15) is 0 Å². The predicted octanol–water partition coefficient (Wildman–Crippen LogP) is 3.16. The quantitative estimate of drug-likeness (QED) is 0.586. The van der Waals surface area contributed by atoms with Crippen molar-refractivity contribution >= 4 is 0 Å². The maximum absolute atomic E-state index is 2.21. The molecule has 0 aromatic heterocycles. The molecule has 0 N–H and O–H groups in total. The van der Waals surface area contributed by atoms with Crippen LogP contribution in [0.1, 0.15) is 33.6 Å². The summed E-state index contributed by atoms with van der Waals surface area (Å²) in [6.07, 6.45) is 10.9. The third-order valence-electron chi connectivity index (χ3n) is 1.45. The monoisotopic (exact) mass is 153 g/mol. The van der Waals surface area contributed by atoms with Crippen molar-refractivity contribution in [1.29, 1.82) is 0 Å². The van der Waals surface area contributed by atoms with Gasteiger partial charge in [-0.2, -0.15) is 0 Å². The summed E-state index contributed by atoms with van der Waals surface area (Å²) in [4.78, 5) is 2.21. The summed E-state index contributed by atoms with van der Waals surface area (Å²) in [5.41, 5.74) is 0. The second-order valence-electron chi connectivity index (χ2n) is 2.56. The van der Waals surface area contributed by atoms with Gasteiger partial charge in [-0.1, -0.05) is 25.5 Å². The van der Waals surface area contributed by atoms with Gasteiger partial charge in [0.25, 0.3) is 0 Å². The van der Waals surface area contributed by atoms with Crippen molar-refractivity contribution in [2.75, 3.05) is 6.54 Å². The lowest BCUT2D eigenvalue weighted by Gasteiger charge is -2.13. The van der Waals surface area contributed by atoms with E-state index in [1.807, 2.05) is 13.8 Å². The number of hydrogen-bond donors (Lipinski definition) is 0. The lowest BCUT2D eigenvalue weighted by atomic mass is 10.3. The van der Waals surface area contributed by atoms with Gasteiger partial charge in [0.05, 0.1) is 0 Å². The third-order valence-corrected chi connectivity index (χ3v) is 1.45. The molecule has 0 aliphatic heterocycles. The van der Waals surface area contributed by atoms with Crippen LogP contribution >= 0.6 is 0 Å². The van der Waals surface area contributed by atoms with E-state index in [-0.39, 0.29) is 0 Å². The molecule has 11 heavy (non-hydrogen) atoms. The Hall–Kier alpha value is -0.720. The maximum Gasteiger partial charge on any atom is 0.0219 e. The van der Waals surface area contributed by atoms with Crippen LogP contribution < -0.4 is 0 Å². The van der Waals surface area contributed by atoms with Gasteiger partial charge < -0.3 is 4.90 Å². The lowest BCUT2D eigenvalue weighted by molar-refractivity contribution is 0.484. The Morgan fingerprint density at radius 2 is 1.64 bits per heavy atom. The highest BCUT2D eigenvalue weighted by molar-refractivity contribution is 4.88. The van der Waals surface area contributed by atoms with E-state index in [4.69, 9.17) is 0 Å². The van der Waals surface area contributed by atoms with Gasteiger partial charge in [-0.15, -0.1) is 0 Å². The zero-order valence-electron chi connectivity index (χ0n) is 7.88. The Kier molecular flexibility index (Phi) is 6.90. The molecule has 0 heterocycles. The lowest BCUT2D eigenvalue weighted by Crippen LogP contribution is -2.10. The van der Waals surface area contributed by atoms with Gasteiger partial charge in [-0.3, -0.25) is 0 Å². The molecule has 0 aromatic rings. The van der Waals surface area contributed by atoms with Crippen LogP contribution in [0.3, 0.4) is 0 Å². The number of unbranched alkanes of at least 4 members (excludes halogenated alkanes) is 1. The second-order valence-corrected chi connectivity index (χ2v) is 2.56. The molecule has 0 rings (SSSR count). The first-order valence-electron chi connectivity index (χ1n) is 4.36. The minimum Gasteiger partial charge on any atom is -0.355 e. The molecule has 0 bridgehead atoms. The molecule has 0 fully saturated rings. The molecule has 0 aliphatic rings. The van der Waals surface area contributed by atoms with Gasteiger partial charge >= 0.3 is 0 Å². The first kappa shape index (κ1) is 10.3. The zero-order valence-corrected chi connectivity index (χ0v) is 7.88. The molecule has 0 aromatic carbocycles. The summed E-state index contributed by atoms with van der Waals surface area (Å²) in [6.45, 7) is 7.43. The van der Waals surface area contributed by atoms with Crippen LogP contribution in [0, 0.1) is 0 Å². The van der Waals surface area contributed by atoms with Crippen molar-refractivity contribution < 1.29 is 0 Å². The van der Waals surface area contributed by atoms with Crippen molar-refractivity contribution in [2.24, 2.45) is 0 Å². The first-order chi connectivity index (χ1) is 5.35. The van der Waals surface area contributed by atoms with Gasteiger partial charge in [0, 0.05) is 6.54 Å². The number of allylic oxidation sites excluding steroid dienone is 2. The fourth-order valence-electron chi connectivity index (χ4n) is 0.922. The van der Waals surface area contributed by atoms with Crippen molar-refractivity contribution in [3.8, 4) is 0 Å². The van der Waals surface area contributed by atoms with Crippen LogP contribution in [0.4, 0.5) is 0 Å². The highest BCUT2D eigenvalue weighted by Crippen LogP contribution is 1.96. The molecule has 0 radical (unpaired) electrons. The van der Waals surface area contributed by atoms with Crippen LogP contribution in [0.25, 0.3) is 0 Å². The van der Waals surface area contributed by atoms with Gasteiger partial charge in [-0.05, 0) is 32.7 Å². The van der Waals surface area contributed by atoms with Crippen LogP contribution in [0.15, 0.2) is 24.6 Å². The van der Waals surface area contributed by atoms with Gasteiger partial charge in [-0.25, -0.2) is 0 Å². The van der Waals surface area contributed by atoms with E-state index in [0.29, 0.717) is 0 Å². The molecule has 0 saturated heterocycles. The molecule has 1 heteroatoms. The predicted molar refractivity (Wildman–Crippen MR) is 51.2 cm³/mol. The molecular formula is C10H19N. The third kappa shape index (κ3) is 5.71. The Labute approximate surface area is 70.4 Å². The fraction of sp³-hybridized carbons (Fsp3) is 0.600. The molecule has 0 aliphatic carbocycles. The highest BCUT2D eigenvalue weighted by Gasteiger charge is 1.90. The van der Waals surface area contributed by atoms with E-state index < -0.39 is 0 Å². The standard InChI is InChI=1S/C10H19N/c1-4-7-10-11(8-5-2)9-6-3/h5-6,8-9H,4,7,10H2,1-3H3. The number of rotatable bonds is 5. The number of nitrogens with zero attached hydrogens (tertiary/aromatic N) is 1. The SMILES string of the molecule is CC=CN(C=CC)CCCC. The molecule has 0 unspecified atom stereocenters. The minimum absolute atomic E-state index is 1.13. The summed E-state index contributed by atoms with van der Waals surface area (Å²) in [5, 5.41) is 0. The second kappa shape index (κ2) is 7.39. The molecule has 0 amide bonds. The zero-order chi connectivity index (χ0) is 8.53. The smallest absolute Gasteiger partial charge is 0.0219 e. The van der Waals surface area contributed by atoms with Crippen LogP contribution in [0.5, 0.6) is 0 Å². The number of hydrogen-bond acceptors (Lipinski definition) is 1. The van der Waals surface area contributed by atoms with Crippen LogP contribution in [0.2, 0.25) is 0 Å². The Bertz CT molecular complexity index is 113. The van der Waals surface area contributed by atoms with Crippen molar-refractivity contribution in [3.05, 3.63) is 24.6 Å². The van der Waals surface area contributed by atoms with Crippen LogP contribution in [-0.4, -0.2) is 11.4 Å². The van der Waals surface area contributed by atoms with Gasteiger partial charge in [0.15, 0.2) is 0 Å². The van der Waals surface area contributed by atoms with E-state index in [1.54, 1.807) is 0 Å². The van der Waals surface area contributed by atoms with Crippen molar-refractivity contribution in [3.63, 3.8) is 0 Å². The van der Waals surface area contributed by atoms with E-state index in [0.717, 1.165) is 6.54 Å². The highest BCUT2D eigenvalue weighted by atomic mass is 15.1.